The summed E-state index contributed by atoms with van der Waals surface area (Å²) in [6, 6.07) is 7.40. The minimum absolute atomic E-state index is 0.166. The number of carbonyl (C=O) groups excluding carboxylic acids is 2. The largest absolute Gasteiger partial charge is 0.463 e. The summed E-state index contributed by atoms with van der Waals surface area (Å²) in [7, 11) is 0. The van der Waals surface area contributed by atoms with Gasteiger partial charge < -0.3 is 9.47 Å². The van der Waals surface area contributed by atoms with Crippen LogP contribution in [-0.2, 0) is 25.7 Å². The van der Waals surface area contributed by atoms with Crippen molar-refractivity contribution in [2.45, 2.75) is 13.5 Å². The van der Waals surface area contributed by atoms with Gasteiger partial charge in [0.1, 0.15) is 6.61 Å². The van der Waals surface area contributed by atoms with Crippen LogP contribution in [0.4, 0.5) is 0 Å². The van der Waals surface area contributed by atoms with Crippen molar-refractivity contribution in [3.05, 3.63) is 46.5 Å². The summed E-state index contributed by atoms with van der Waals surface area (Å²) in [6.45, 7) is 2.13. The summed E-state index contributed by atoms with van der Waals surface area (Å²) in [5, 5.41) is 0. The highest BCUT2D eigenvalue weighted by Crippen LogP contribution is 2.11. The molecule has 4 nitrogen and oxygen atoms in total. The third-order valence-electron chi connectivity index (χ3n) is 1.94. The maximum atomic E-state index is 11.3. The molecule has 0 spiro atoms. The van der Waals surface area contributed by atoms with Crippen molar-refractivity contribution < 1.29 is 19.1 Å². The molecule has 5 heteroatoms. The van der Waals surface area contributed by atoms with Crippen LogP contribution in [0.15, 0.2) is 40.9 Å². The van der Waals surface area contributed by atoms with Crippen LogP contribution in [0, 0.1) is 0 Å². The quantitative estimate of drug-likeness (QED) is 0.619. The zero-order valence-corrected chi connectivity index (χ0v) is 11.5. The predicted octanol–water partition coefficient (Wildman–Crippen LogP) is 2.61. The second-order valence-corrected chi connectivity index (χ2v) is 4.24. The van der Waals surface area contributed by atoms with Crippen LogP contribution in [0.1, 0.15) is 12.5 Å². The van der Waals surface area contributed by atoms with Gasteiger partial charge in [0.25, 0.3) is 0 Å². The van der Waals surface area contributed by atoms with Gasteiger partial charge >= 0.3 is 11.9 Å². The second-order valence-electron chi connectivity index (χ2n) is 3.32. The third kappa shape index (κ3) is 5.63. The Morgan fingerprint density at radius 1 is 1.11 bits per heavy atom. The Bertz CT molecular complexity index is 437. The van der Waals surface area contributed by atoms with Gasteiger partial charge in [-0.2, -0.15) is 0 Å². The van der Waals surface area contributed by atoms with Crippen LogP contribution >= 0.6 is 15.9 Å². The summed E-state index contributed by atoms with van der Waals surface area (Å²) in [5.74, 6) is -1.14. The lowest BCUT2D eigenvalue weighted by Crippen LogP contribution is -2.04. The molecule has 0 aliphatic rings. The van der Waals surface area contributed by atoms with Crippen LogP contribution in [0.2, 0.25) is 0 Å². The molecule has 0 aliphatic carbocycles. The SMILES string of the molecule is CCOC(=O)/C=C/C(=O)OCc1ccc(Br)cc1. The highest BCUT2D eigenvalue weighted by Gasteiger charge is 2.01. The van der Waals surface area contributed by atoms with Crippen molar-refractivity contribution >= 4 is 27.9 Å². The molecule has 0 amide bonds. The number of benzene rings is 1. The predicted molar refractivity (Wildman–Crippen MR) is 69.7 cm³/mol. The molecule has 0 fully saturated rings. The number of ether oxygens (including phenoxy) is 2. The van der Waals surface area contributed by atoms with Gasteiger partial charge in [0.2, 0.25) is 0 Å². The number of halogens is 1. The number of carbonyl (C=O) groups is 2. The van der Waals surface area contributed by atoms with Gasteiger partial charge in [0.05, 0.1) is 6.61 Å². The van der Waals surface area contributed by atoms with E-state index < -0.39 is 11.9 Å². The van der Waals surface area contributed by atoms with E-state index in [1.807, 2.05) is 24.3 Å². The molecule has 1 aromatic rings. The van der Waals surface area contributed by atoms with Crippen LogP contribution < -0.4 is 0 Å². The van der Waals surface area contributed by atoms with Gasteiger partial charge in [-0.05, 0) is 24.6 Å². The maximum Gasteiger partial charge on any atom is 0.331 e. The molecule has 0 N–H and O–H groups in total. The molecule has 0 aliphatic heterocycles. The first-order chi connectivity index (χ1) is 8.61. The lowest BCUT2D eigenvalue weighted by atomic mass is 10.2. The average molecular weight is 313 g/mol. The number of esters is 2. The summed E-state index contributed by atoms with van der Waals surface area (Å²) in [4.78, 5) is 22.2. The fourth-order valence-corrected chi connectivity index (χ4v) is 1.37. The molecule has 0 saturated heterocycles. The normalized spacial score (nSPS) is 10.3. The van der Waals surface area contributed by atoms with Crippen LogP contribution in [0.3, 0.4) is 0 Å². The molecular weight excluding hydrogens is 300 g/mol. The molecule has 18 heavy (non-hydrogen) atoms. The molecule has 0 heterocycles. The Balaban J connectivity index is 2.37. The standard InChI is InChI=1S/C13H13BrO4/c1-2-17-12(15)7-8-13(16)18-9-10-3-5-11(14)6-4-10/h3-8H,2,9H2,1H3/b8-7+. The van der Waals surface area contributed by atoms with E-state index in [9.17, 15) is 9.59 Å². The molecule has 1 aromatic carbocycles. The van der Waals surface area contributed by atoms with E-state index in [1.54, 1.807) is 6.92 Å². The summed E-state index contributed by atoms with van der Waals surface area (Å²) < 4.78 is 10.5. The fourth-order valence-electron chi connectivity index (χ4n) is 1.11. The van der Waals surface area contributed by atoms with Crippen LogP contribution in [0.25, 0.3) is 0 Å². The van der Waals surface area contributed by atoms with E-state index in [0.29, 0.717) is 0 Å². The monoisotopic (exact) mass is 312 g/mol. The van der Waals surface area contributed by atoms with Gasteiger partial charge in [-0.1, -0.05) is 28.1 Å². The molecule has 96 valence electrons. The van der Waals surface area contributed by atoms with Crippen LogP contribution in [-0.4, -0.2) is 18.5 Å². The Hall–Kier alpha value is -1.62. The average Bonchev–Trinajstić information content (AvgIpc) is 2.36. The van der Waals surface area contributed by atoms with Crippen LogP contribution in [0.5, 0.6) is 0 Å². The molecule has 0 atom stereocenters. The maximum absolute atomic E-state index is 11.3. The van der Waals surface area contributed by atoms with Crippen molar-refractivity contribution in [3.63, 3.8) is 0 Å². The zero-order chi connectivity index (χ0) is 13.4. The molecule has 0 aromatic heterocycles. The van der Waals surface area contributed by atoms with Crippen molar-refractivity contribution in [1.29, 1.82) is 0 Å². The number of hydrogen-bond acceptors (Lipinski definition) is 4. The number of rotatable bonds is 5. The highest BCUT2D eigenvalue weighted by atomic mass is 79.9. The molecule has 0 saturated carbocycles. The van der Waals surface area contributed by atoms with E-state index in [1.165, 1.54) is 0 Å². The molecule has 0 radical (unpaired) electrons. The summed E-state index contributed by atoms with van der Waals surface area (Å²) >= 11 is 3.31. The second kappa shape index (κ2) is 7.66. The Labute approximate surface area is 114 Å². The van der Waals surface area contributed by atoms with Gasteiger partial charge in [-0.25, -0.2) is 9.59 Å². The highest BCUT2D eigenvalue weighted by molar-refractivity contribution is 9.10. The minimum Gasteiger partial charge on any atom is -0.463 e. The van der Waals surface area contributed by atoms with Gasteiger partial charge in [-0.3, -0.25) is 0 Å². The minimum atomic E-state index is -0.578. The van der Waals surface area contributed by atoms with E-state index in [-0.39, 0.29) is 13.2 Å². The van der Waals surface area contributed by atoms with Crippen molar-refractivity contribution in [2.24, 2.45) is 0 Å². The molecule has 1 rings (SSSR count). The lowest BCUT2D eigenvalue weighted by Gasteiger charge is -2.02. The molecule has 0 bridgehead atoms. The fraction of sp³-hybridized carbons (Fsp3) is 0.231. The smallest absolute Gasteiger partial charge is 0.331 e. The van der Waals surface area contributed by atoms with Crippen molar-refractivity contribution in [1.82, 2.24) is 0 Å². The zero-order valence-electron chi connectivity index (χ0n) is 9.89. The first-order valence-corrected chi connectivity index (χ1v) is 6.17. The first kappa shape index (κ1) is 14.4. The van der Waals surface area contributed by atoms with Gasteiger partial charge in [0.15, 0.2) is 0 Å². The van der Waals surface area contributed by atoms with Gasteiger partial charge in [-0.15, -0.1) is 0 Å². The molecule has 0 unspecified atom stereocenters. The van der Waals surface area contributed by atoms with Crippen molar-refractivity contribution in [3.8, 4) is 0 Å². The third-order valence-corrected chi connectivity index (χ3v) is 2.47. The van der Waals surface area contributed by atoms with Crippen molar-refractivity contribution in [2.75, 3.05) is 6.61 Å². The van der Waals surface area contributed by atoms with E-state index >= 15 is 0 Å². The Morgan fingerprint density at radius 3 is 2.22 bits per heavy atom. The lowest BCUT2D eigenvalue weighted by molar-refractivity contribution is -0.141. The first-order valence-electron chi connectivity index (χ1n) is 5.38. The van der Waals surface area contributed by atoms with Gasteiger partial charge in [0, 0.05) is 16.6 Å². The Morgan fingerprint density at radius 2 is 1.67 bits per heavy atom. The van der Waals surface area contributed by atoms with E-state index in [4.69, 9.17) is 4.74 Å². The summed E-state index contributed by atoms with van der Waals surface area (Å²) in [5.41, 5.74) is 0.871. The molecular formula is C13H13BrO4. The summed E-state index contributed by atoms with van der Waals surface area (Å²) in [6.07, 6.45) is 2.10. The number of hydrogen-bond donors (Lipinski definition) is 0. The Kier molecular flexibility index (Phi) is 6.14. The topological polar surface area (TPSA) is 52.6 Å². The van der Waals surface area contributed by atoms with E-state index in [0.717, 1.165) is 22.2 Å². The van der Waals surface area contributed by atoms with E-state index in [2.05, 4.69) is 20.7 Å².